The van der Waals surface area contributed by atoms with Crippen molar-refractivity contribution in [3.05, 3.63) is 120 Å². The molecule has 8 amide bonds. The number of carbonyl (C=O) groups excluding carboxylic acids is 6. The van der Waals surface area contributed by atoms with Gasteiger partial charge in [-0.05, 0) is 79.9 Å². The zero-order chi connectivity index (χ0) is 31.8. The monoisotopic (exact) mass is 600 g/mol. The summed E-state index contributed by atoms with van der Waals surface area (Å²) in [4.78, 5) is 82.6. The van der Waals surface area contributed by atoms with Gasteiger partial charge in [0.1, 0.15) is 11.8 Å². The summed E-state index contributed by atoms with van der Waals surface area (Å²) in [7, 11) is 0. The molecule has 2 unspecified atom stereocenters. The lowest BCUT2D eigenvalue weighted by atomic mass is 10.0. The van der Waals surface area contributed by atoms with Gasteiger partial charge in [0, 0.05) is 0 Å². The highest BCUT2D eigenvalue weighted by atomic mass is 16.2. The lowest BCUT2D eigenvalue weighted by molar-refractivity contribution is -0.133. The molecule has 2 saturated heterocycles. The van der Waals surface area contributed by atoms with Crippen LogP contribution in [0.1, 0.15) is 25.0 Å². The van der Waals surface area contributed by atoms with E-state index in [1.54, 1.807) is 109 Å². The third-order valence-corrected chi connectivity index (χ3v) is 7.95. The highest BCUT2D eigenvalue weighted by molar-refractivity contribution is 6.37. The second-order valence-electron chi connectivity index (χ2n) is 10.9. The first-order chi connectivity index (χ1) is 21.7. The Hall–Kier alpha value is -5.90. The van der Waals surface area contributed by atoms with Gasteiger partial charge in [-0.3, -0.25) is 19.2 Å². The first-order valence-electron chi connectivity index (χ1n) is 14.4. The summed E-state index contributed by atoms with van der Waals surface area (Å²) in [6, 6.07) is 29.3. The van der Waals surface area contributed by atoms with E-state index < -0.39 is 47.5 Å². The zero-order valence-electron chi connectivity index (χ0n) is 24.5. The number of benzene rings is 4. The average Bonchev–Trinajstić information content (AvgIpc) is 3.05. The molecular weight excluding hydrogens is 572 g/mol. The van der Waals surface area contributed by atoms with Crippen LogP contribution in [0.2, 0.25) is 0 Å². The van der Waals surface area contributed by atoms with Crippen LogP contribution in [0.15, 0.2) is 109 Å². The van der Waals surface area contributed by atoms with Crippen LogP contribution in [0.4, 0.5) is 32.3 Å². The van der Waals surface area contributed by atoms with Crippen molar-refractivity contribution in [1.82, 2.24) is 0 Å². The number of hydrogen-bond donors (Lipinski definition) is 0. The molecule has 0 aliphatic carbocycles. The zero-order valence-corrected chi connectivity index (χ0v) is 24.5. The smallest absolute Gasteiger partial charge is 0.273 e. The quantitative estimate of drug-likeness (QED) is 0.268. The third-order valence-electron chi connectivity index (χ3n) is 7.95. The van der Waals surface area contributed by atoms with Crippen molar-refractivity contribution in [3.8, 4) is 0 Å². The topological polar surface area (TPSA) is 115 Å². The van der Waals surface area contributed by atoms with Crippen molar-refractivity contribution in [1.29, 1.82) is 0 Å². The second kappa shape index (κ2) is 11.6. The number of para-hydroxylation sites is 2. The largest absolute Gasteiger partial charge is 0.342 e. The number of urea groups is 2. The number of rotatable bonds is 6. The van der Waals surface area contributed by atoms with Crippen LogP contribution in [0, 0.1) is 11.8 Å². The van der Waals surface area contributed by atoms with E-state index in [9.17, 15) is 28.8 Å². The van der Waals surface area contributed by atoms with Crippen LogP contribution < -0.4 is 19.6 Å². The number of nitrogens with zero attached hydrogens (tertiary/aromatic N) is 4. The van der Waals surface area contributed by atoms with Crippen molar-refractivity contribution in [3.63, 3.8) is 0 Å². The molecule has 2 aliphatic heterocycles. The number of carbonyl (C=O) groups is 6. The molecule has 0 aromatic heterocycles. The maximum Gasteiger partial charge on any atom is 0.342 e. The molecule has 10 heteroatoms. The van der Waals surface area contributed by atoms with E-state index in [1.807, 2.05) is 0 Å². The Morgan fingerprint density at radius 1 is 0.400 bits per heavy atom. The Morgan fingerprint density at radius 3 is 0.956 bits per heavy atom. The molecule has 0 N–H and O–H groups in total. The predicted octanol–water partition coefficient (Wildman–Crippen LogP) is 5.55. The van der Waals surface area contributed by atoms with E-state index in [0.717, 1.165) is 30.7 Å². The third kappa shape index (κ3) is 5.16. The van der Waals surface area contributed by atoms with Crippen molar-refractivity contribution in [2.24, 2.45) is 11.8 Å². The normalized spacial score (nSPS) is 19.1. The van der Waals surface area contributed by atoms with Gasteiger partial charge in [-0.1, -0.05) is 60.7 Å². The highest BCUT2D eigenvalue weighted by Gasteiger charge is 2.46. The Balaban J connectivity index is 1.19. The fourth-order valence-electron chi connectivity index (χ4n) is 5.43. The lowest BCUT2D eigenvalue weighted by Gasteiger charge is -2.35. The number of anilines is 4. The Kier molecular flexibility index (Phi) is 7.55. The van der Waals surface area contributed by atoms with Gasteiger partial charge in [-0.15, -0.1) is 0 Å². The molecule has 2 fully saturated rings. The Bertz CT molecular complexity index is 1690. The molecule has 6 rings (SSSR count). The van der Waals surface area contributed by atoms with Gasteiger partial charge < -0.3 is 0 Å². The van der Waals surface area contributed by atoms with Crippen LogP contribution in [-0.2, 0) is 25.6 Å². The van der Waals surface area contributed by atoms with Crippen LogP contribution in [0.25, 0.3) is 0 Å². The molecule has 2 aliphatic rings. The van der Waals surface area contributed by atoms with Gasteiger partial charge in [-0.25, -0.2) is 29.2 Å². The van der Waals surface area contributed by atoms with Gasteiger partial charge >= 0.3 is 12.1 Å². The number of imide groups is 4. The van der Waals surface area contributed by atoms with Crippen LogP contribution in [0.3, 0.4) is 0 Å². The van der Waals surface area contributed by atoms with Gasteiger partial charge in [0.15, 0.2) is 0 Å². The molecule has 4 aromatic carbocycles. The first kappa shape index (κ1) is 29.2. The van der Waals surface area contributed by atoms with E-state index in [-0.39, 0.29) is 0 Å². The molecule has 0 saturated carbocycles. The molecule has 45 heavy (non-hydrogen) atoms. The molecule has 2 heterocycles. The maximum atomic E-state index is 13.4. The van der Waals surface area contributed by atoms with Gasteiger partial charge in [0.2, 0.25) is 23.6 Å². The molecule has 0 bridgehead atoms. The van der Waals surface area contributed by atoms with Crippen LogP contribution in [-0.4, -0.2) is 35.7 Å². The van der Waals surface area contributed by atoms with E-state index in [2.05, 4.69) is 0 Å². The van der Waals surface area contributed by atoms with Gasteiger partial charge in [0.25, 0.3) is 0 Å². The number of barbiturate groups is 2. The number of amides is 8. The van der Waals surface area contributed by atoms with Crippen molar-refractivity contribution in [2.45, 2.75) is 20.3 Å². The summed E-state index contributed by atoms with van der Waals surface area (Å²) in [6.45, 7) is 2.97. The van der Waals surface area contributed by atoms with Crippen LogP contribution in [0.5, 0.6) is 0 Å². The molecular formula is C35H28N4O6. The fourth-order valence-corrected chi connectivity index (χ4v) is 5.43. The molecule has 0 spiro atoms. The van der Waals surface area contributed by atoms with Gasteiger partial charge in [-0.2, -0.15) is 0 Å². The molecule has 10 nitrogen and oxygen atoms in total. The van der Waals surface area contributed by atoms with Crippen molar-refractivity contribution >= 4 is 58.4 Å². The Labute approximate surface area is 259 Å². The molecule has 224 valence electrons. The van der Waals surface area contributed by atoms with E-state index in [0.29, 0.717) is 29.2 Å². The predicted molar refractivity (Wildman–Crippen MR) is 168 cm³/mol. The fraction of sp³-hybridized carbons (Fsp3) is 0.143. The highest BCUT2D eigenvalue weighted by Crippen LogP contribution is 2.31. The second-order valence-corrected chi connectivity index (χ2v) is 10.9. The summed E-state index contributed by atoms with van der Waals surface area (Å²) in [5, 5.41) is 0. The average molecular weight is 601 g/mol. The standard InChI is InChI=1S/C35H28N4O6/c1-22-30(40)36(26-9-5-3-6-10-26)34(44)38(32(22)42)28-17-13-24(14-18-28)21-25-15-19-29(20-16-25)39-33(43)23(2)31(41)37(35(39)45)27-11-7-4-8-12-27/h3-20,22-23H,21H2,1-2H3. The minimum absolute atomic E-state index is 0.345. The van der Waals surface area contributed by atoms with Crippen molar-refractivity contribution in [2.75, 3.05) is 19.6 Å². The van der Waals surface area contributed by atoms with Gasteiger partial charge in [0.05, 0.1) is 22.7 Å². The lowest BCUT2D eigenvalue weighted by Crippen LogP contribution is -2.59. The van der Waals surface area contributed by atoms with Crippen molar-refractivity contribution < 1.29 is 28.8 Å². The maximum absolute atomic E-state index is 13.4. The van der Waals surface area contributed by atoms with E-state index in [4.69, 9.17) is 0 Å². The SMILES string of the molecule is CC1C(=O)N(c2ccccc2)C(=O)N(c2ccc(Cc3ccc(N4C(=O)C(C)C(=O)N(c5ccccc5)C4=O)cc3)cc2)C1=O. The molecule has 2 atom stereocenters. The molecule has 0 radical (unpaired) electrons. The molecule has 4 aromatic rings. The summed E-state index contributed by atoms with van der Waals surface area (Å²) in [5.41, 5.74) is 3.23. The minimum atomic E-state index is -1.03. The number of hydrogen-bond acceptors (Lipinski definition) is 6. The summed E-state index contributed by atoms with van der Waals surface area (Å²) < 4.78 is 0. The summed E-state index contributed by atoms with van der Waals surface area (Å²) in [5.74, 6) is -4.39. The Morgan fingerprint density at radius 2 is 0.667 bits per heavy atom. The van der Waals surface area contributed by atoms with Crippen LogP contribution >= 0.6 is 0 Å². The first-order valence-corrected chi connectivity index (χ1v) is 14.4. The minimum Gasteiger partial charge on any atom is -0.273 e. The summed E-state index contributed by atoms with van der Waals surface area (Å²) >= 11 is 0. The van der Waals surface area contributed by atoms with E-state index in [1.165, 1.54) is 13.8 Å². The van der Waals surface area contributed by atoms with E-state index >= 15 is 0 Å². The summed E-state index contributed by atoms with van der Waals surface area (Å²) in [6.07, 6.45) is 0.487.